The normalized spacial score (nSPS) is 25.1. The quantitative estimate of drug-likeness (QED) is 0.654. The van der Waals surface area contributed by atoms with E-state index in [0.29, 0.717) is 16.9 Å². The number of likely N-dealkylation sites (tertiary alicyclic amines) is 1. The molecule has 2 unspecified atom stereocenters. The van der Waals surface area contributed by atoms with Crippen LogP contribution in [0.5, 0.6) is 0 Å². The van der Waals surface area contributed by atoms with Crippen LogP contribution in [0.25, 0.3) is 0 Å². The standard InChI is InChI=1S/C13H21ClN4/c1-9-3-4-10(2)18(7-9)8-12-11(14)5-6-13(16-12)17-15/h5-6,9-10H,3-4,7-8,15H2,1-2H3,(H,16,17). The molecule has 0 aromatic carbocycles. The van der Waals surface area contributed by atoms with Crippen LogP contribution in [0.15, 0.2) is 12.1 Å². The lowest BCUT2D eigenvalue weighted by atomic mass is 9.95. The van der Waals surface area contributed by atoms with Gasteiger partial charge in [-0.05, 0) is 37.8 Å². The molecule has 2 heterocycles. The second-order valence-electron chi connectivity index (χ2n) is 5.23. The molecule has 0 aliphatic carbocycles. The minimum Gasteiger partial charge on any atom is -0.308 e. The van der Waals surface area contributed by atoms with Crippen LogP contribution in [0.2, 0.25) is 5.02 Å². The van der Waals surface area contributed by atoms with Crippen molar-refractivity contribution in [3.63, 3.8) is 0 Å². The zero-order valence-electron chi connectivity index (χ0n) is 11.0. The van der Waals surface area contributed by atoms with Gasteiger partial charge in [0.15, 0.2) is 0 Å². The lowest BCUT2D eigenvalue weighted by Crippen LogP contribution is -2.40. The van der Waals surface area contributed by atoms with Gasteiger partial charge in [-0.2, -0.15) is 0 Å². The van der Waals surface area contributed by atoms with Gasteiger partial charge in [0.1, 0.15) is 5.82 Å². The number of nitrogens with zero attached hydrogens (tertiary/aromatic N) is 2. The van der Waals surface area contributed by atoms with Crippen LogP contribution < -0.4 is 11.3 Å². The Bertz CT molecular complexity index is 410. The molecule has 1 aliphatic heterocycles. The largest absolute Gasteiger partial charge is 0.308 e. The van der Waals surface area contributed by atoms with Gasteiger partial charge in [-0.1, -0.05) is 18.5 Å². The fourth-order valence-corrected chi connectivity index (χ4v) is 2.63. The van der Waals surface area contributed by atoms with E-state index in [-0.39, 0.29) is 0 Å². The Hall–Kier alpha value is -0.840. The Morgan fingerprint density at radius 3 is 2.94 bits per heavy atom. The van der Waals surface area contributed by atoms with Crippen LogP contribution in [0.1, 0.15) is 32.4 Å². The number of halogens is 1. The van der Waals surface area contributed by atoms with E-state index in [1.165, 1.54) is 12.8 Å². The number of nitrogens with two attached hydrogens (primary N) is 1. The van der Waals surface area contributed by atoms with E-state index in [1.807, 2.05) is 6.07 Å². The van der Waals surface area contributed by atoms with Gasteiger partial charge in [-0.3, -0.25) is 4.90 Å². The highest BCUT2D eigenvalue weighted by atomic mass is 35.5. The molecule has 0 radical (unpaired) electrons. The smallest absolute Gasteiger partial charge is 0.140 e. The number of rotatable bonds is 3. The highest BCUT2D eigenvalue weighted by Crippen LogP contribution is 2.25. The van der Waals surface area contributed by atoms with Gasteiger partial charge in [0, 0.05) is 19.1 Å². The van der Waals surface area contributed by atoms with E-state index < -0.39 is 0 Å². The topological polar surface area (TPSA) is 54.2 Å². The maximum Gasteiger partial charge on any atom is 0.140 e. The summed E-state index contributed by atoms with van der Waals surface area (Å²) in [6.07, 6.45) is 2.55. The van der Waals surface area contributed by atoms with E-state index in [4.69, 9.17) is 17.4 Å². The van der Waals surface area contributed by atoms with Gasteiger partial charge >= 0.3 is 0 Å². The van der Waals surface area contributed by atoms with Crippen molar-refractivity contribution in [2.24, 2.45) is 11.8 Å². The molecule has 1 aromatic heterocycles. The highest BCUT2D eigenvalue weighted by Gasteiger charge is 2.23. The van der Waals surface area contributed by atoms with Crippen molar-refractivity contribution in [2.45, 2.75) is 39.3 Å². The molecule has 2 rings (SSSR count). The molecule has 1 saturated heterocycles. The van der Waals surface area contributed by atoms with Crippen LogP contribution in [0.4, 0.5) is 5.82 Å². The summed E-state index contributed by atoms with van der Waals surface area (Å²) in [4.78, 5) is 6.88. The van der Waals surface area contributed by atoms with E-state index in [0.717, 1.165) is 24.7 Å². The van der Waals surface area contributed by atoms with Crippen LogP contribution in [-0.4, -0.2) is 22.5 Å². The van der Waals surface area contributed by atoms with Crippen molar-refractivity contribution < 1.29 is 0 Å². The monoisotopic (exact) mass is 268 g/mol. The molecule has 2 atom stereocenters. The molecule has 0 spiro atoms. The Morgan fingerprint density at radius 1 is 1.44 bits per heavy atom. The number of piperidine rings is 1. The Morgan fingerprint density at radius 2 is 2.22 bits per heavy atom. The third-order valence-electron chi connectivity index (χ3n) is 3.67. The van der Waals surface area contributed by atoms with Crippen molar-refractivity contribution in [1.82, 2.24) is 9.88 Å². The number of hydrogen-bond acceptors (Lipinski definition) is 4. The number of aromatic nitrogens is 1. The number of nitrogens with one attached hydrogen (secondary N) is 1. The van der Waals surface area contributed by atoms with Crippen molar-refractivity contribution in [3.05, 3.63) is 22.8 Å². The molecule has 5 heteroatoms. The predicted molar refractivity (Wildman–Crippen MR) is 75.3 cm³/mol. The van der Waals surface area contributed by atoms with Gasteiger partial charge in [-0.15, -0.1) is 0 Å². The van der Waals surface area contributed by atoms with Gasteiger partial charge in [0.25, 0.3) is 0 Å². The Labute approximate surface area is 113 Å². The molecule has 100 valence electrons. The van der Waals surface area contributed by atoms with Gasteiger partial charge in [0.05, 0.1) is 10.7 Å². The third kappa shape index (κ3) is 3.13. The zero-order chi connectivity index (χ0) is 13.1. The second-order valence-corrected chi connectivity index (χ2v) is 5.64. The summed E-state index contributed by atoms with van der Waals surface area (Å²) < 4.78 is 0. The van der Waals surface area contributed by atoms with Crippen molar-refractivity contribution in [1.29, 1.82) is 0 Å². The maximum atomic E-state index is 6.20. The first kappa shape index (κ1) is 13.6. The molecule has 3 N–H and O–H groups in total. The predicted octanol–water partition coefficient (Wildman–Crippen LogP) is 2.64. The highest BCUT2D eigenvalue weighted by molar-refractivity contribution is 6.31. The first-order valence-corrected chi connectivity index (χ1v) is 6.84. The zero-order valence-corrected chi connectivity index (χ0v) is 11.7. The van der Waals surface area contributed by atoms with Crippen LogP contribution in [0.3, 0.4) is 0 Å². The van der Waals surface area contributed by atoms with Crippen LogP contribution in [-0.2, 0) is 6.54 Å². The van der Waals surface area contributed by atoms with E-state index >= 15 is 0 Å². The summed E-state index contributed by atoms with van der Waals surface area (Å²) in [6, 6.07) is 4.22. The van der Waals surface area contributed by atoms with Gasteiger partial charge < -0.3 is 5.43 Å². The van der Waals surface area contributed by atoms with Crippen LogP contribution >= 0.6 is 11.6 Å². The van der Waals surface area contributed by atoms with Gasteiger partial charge in [-0.25, -0.2) is 10.8 Å². The first-order valence-electron chi connectivity index (χ1n) is 6.46. The van der Waals surface area contributed by atoms with Crippen molar-refractivity contribution in [2.75, 3.05) is 12.0 Å². The Kier molecular flexibility index (Phi) is 4.43. The first-order chi connectivity index (χ1) is 8.60. The molecule has 0 amide bonds. The summed E-state index contributed by atoms with van der Waals surface area (Å²) in [6.45, 7) is 6.47. The minimum atomic E-state index is 0.591. The summed E-state index contributed by atoms with van der Waals surface area (Å²) >= 11 is 6.20. The summed E-state index contributed by atoms with van der Waals surface area (Å²) in [5.74, 6) is 6.79. The molecule has 0 bridgehead atoms. The summed E-state index contributed by atoms with van der Waals surface area (Å²) in [7, 11) is 0. The second kappa shape index (κ2) is 5.87. The lowest BCUT2D eigenvalue weighted by molar-refractivity contribution is 0.116. The fourth-order valence-electron chi connectivity index (χ4n) is 2.47. The fraction of sp³-hybridized carbons (Fsp3) is 0.615. The van der Waals surface area contributed by atoms with Crippen molar-refractivity contribution >= 4 is 17.4 Å². The molecular formula is C13H21ClN4. The molecule has 0 saturated carbocycles. The number of hydrazine groups is 1. The van der Waals surface area contributed by atoms with Crippen LogP contribution in [0, 0.1) is 5.92 Å². The average Bonchev–Trinajstić information content (AvgIpc) is 2.36. The molecular weight excluding hydrogens is 248 g/mol. The van der Waals surface area contributed by atoms with Gasteiger partial charge in [0.2, 0.25) is 0 Å². The molecule has 4 nitrogen and oxygen atoms in total. The summed E-state index contributed by atoms with van der Waals surface area (Å²) in [5.41, 5.74) is 3.46. The average molecular weight is 269 g/mol. The van der Waals surface area contributed by atoms with E-state index in [2.05, 4.69) is 29.2 Å². The molecule has 18 heavy (non-hydrogen) atoms. The lowest BCUT2D eigenvalue weighted by Gasteiger charge is -2.36. The molecule has 1 aromatic rings. The number of anilines is 1. The summed E-state index contributed by atoms with van der Waals surface area (Å²) in [5, 5.41) is 0.708. The molecule has 1 fully saturated rings. The van der Waals surface area contributed by atoms with E-state index in [9.17, 15) is 0 Å². The Balaban J connectivity index is 2.12. The number of nitrogen functional groups attached to an aromatic ring is 1. The molecule has 1 aliphatic rings. The third-order valence-corrected chi connectivity index (χ3v) is 4.01. The van der Waals surface area contributed by atoms with E-state index in [1.54, 1.807) is 6.07 Å². The maximum absolute atomic E-state index is 6.20. The number of pyridine rings is 1. The minimum absolute atomic E-state index is 0.591. The SMILES string of the molecule is CC1CCC(C)N(Cc2nc(NN)ccc2Cl)C1. The number of hydrogen-bond donors (Lipinski definition) is 2. The van der Waals surface area contributed by atoms with Crippen molar-refractivity contribution in [3.8, 4) is 0 Å².